The molecule has 2 aliphatic carbocycles. The lowest BCUT2D eigenvalue weighted by atomic mass is 9.86. The summed E-state index contributed by atoms with van der Waals surface area (Å²) in [7, 11) is 0. The molecule has 1 aromatic heterocycles. The fourth-order valence-corrected chi connectivity index (χ4v) is 2.84. The van der Waals surface area contributed by atoms with Crippen LogP contribution in [0.5, 0.6) is 5.75 Å². The standard InChI is InChI=1S/C19H19NO4/c21-16-10-11-24-18(17(16)22)19(23)20-12-13-6-8-15(9-7-13)14-4-2-1-3-5-14/h1-2,4,6-8,10-11,15,22H,3,5,9,12H2,(H,20,23). The SMILES string of the molecule is O=C(NCC1=CCC(C2=CC=CCC2)C=C1)c1occc(=O)c1O. The van der Waals surface area contributed by atoms with E-state index in [-0.39, 0.29) is 5.76 Å². The van der Waals surface area contributed by atoms with Gasteiger partial charge in [-0.3, -0.25) is 9.59 Å². The minimum Gasteiger partial charge on any atom is -0.501 e. The van der Waals surface area contributed by atoms with Crippen LogP contribution in [0.3, 0.4) is 0 Å². The smallest absolute Gasteiger partial charge is 0.291 e. The molecule has 124 valence electrons. The molecule has 24 heavy (non-hydrogen) atoms. The Bertz CT molecular complexity index is 811. The summed E-state index contributed by atoms with van der Waals surface area (Å²) in [5, 5.41) is 12.2. The fraction of sp³-hybridized carbons (Fsp3) is 0.263. The highest BCUT2D eigenvalue weighted by Gasteiger charge is 2.18. The first kappa shape index (κ1) is 16.1. The van der Waals surface area contributed by atoms with Crippen molar-refractivity contribution in [1.82, 2.24) is 5.32 Å². The monoisotopic (exact) mass is 325 g/mol. The zero-order valence-corrected chi connectivity index (χ0v) is 13.2. The van der Waals surface area contributed by atoms with E-state index in [0.29, 0.717) is 12.5 Å². The summed E-state index contributed by atoms with van der Waals surface area (Å²) in [6, 6.07) is 1.06. The highest BCUT2D eigenvalue weighted by molar-refractivity contribution is 5.93. The molecular formula is C19H19NO4. The Hall–Kier alpha value is -2.82. The van der Waals surface area contributed by atoms with Crippen molar-refractivity contribution < 1.29 is 14.3 Å². The second kappa shape index (κ2) is 7.17. The van der Waals surface area contributed by atoms with Gasteiger partial charge in [0.15, 0.2) is 0 Å². The summed E-state index contributed by atoms with van der Waals surface area (Å²) in [6.45, 7) is 0.319. The Kier molecular flexibility index (Phi) is 4.79. The minimum absolute atomic E-state index is 0.319. The number of nitrogens with one attached hydrogen (secondary N) is 1. The first-order valence-corrected chi connectivity index (χ1v) is 7.97. The third kappa shape index (κ3) is 3.56. The molecular weight excluding hydrogens is 306 g/mol. The first-order chi connectivity index (χ1) is 11.6. The predicted octanol–water partition coefficient (Wildman–Crippen LogP) is 2.85. The van der Waals surface area contributed by atoms with Gasteiger partial charge in [0.2, 0.25) is 16.9 Å². The van der Waals surface area contributed by atoms with Crippen molar-refractivity contribution in [3.8, 4) is 5.75 Å². The zero-order chi connectivity index (χ0) is 16.9. The van der Waals surface area contributed by atoms with Gasteiger partial charge in [-0.15, -0.1) is 0 Å². The van der Waals surface area contributed by atoms with Gasteiger partial charge in [-0.2, -0.15) is 0 Å². The number of allylic oxidation sites excluding steroid dienone is 6. The molecule has 1 amide bonds. The van der Waals surface area contributed by atoms with Crippen LogP contribution in [0, 0.1) is 5.92 Å². The van der Waals surface area contributed by atoms with Crippen LogP contribution in [0.4, 0.5) is 0 Å². The number of rotatable bonds is 4. The number of amides is 1. The second-order valence-corrected chi connectivity index (χ2v) is 5.83. The Morgan fingerprint density at radius 1 is 1.42 bits per heavy atom. The minimum atomic E-state index is -0.666. The molecule has 0 saturated carbocycles. The van der Waals surface area contributed by atoms with Gasteiger partial charge in [-0.05, 0) is 24.8 Å². The van der Waals surface area contributed by atoms with Crippen molar-refractivity contribution >= 4 is 5.91 Å². The Labute approximate surface area is 139 Å². The van der Waals surface area contributed by atoms with E-state index in [9.17, 15) is 14.7 Å². The summed E-state index contributed by atoms with van der Waals surface area (Å²) in [6.07, 6.45) is 16.9. The number of carbonyl (C=O) groups excluding carboxylic acids is 1. The van der Waals surface area contributed by atoms with E-state index in [2.05, 4.69) is 35.7 Å². The molecule has 0 radical (unpaired) electrons. The Morgan fingerprint density at radius 2 is 2.29 bits per heavy atom. The van der Waals surface area contributed by atoms with Crippen molar-refractivity contribution in [2.45, 2.75) is 19.3 Å². The van der Waals surface area contributed by atoms with Gasteiger partial charge >= 0.3 is 0 Å². The van der Waals surface area contributed by atoms with Crippen LogP contribution in [0.1, 0.15) is 29.8 Å². The van der Waals surface area contributed by atoms with E-state index < -0.39 is 17.1 Å². The molecule has 0 fully saturated rings. The lowest BCUT2D eigenvalue weighted by molar-refractivity contribution is 0.0922. The number of aromatic hydroxyl groups is 1. The van der Waals surface area contributed by atoms with Gasteiger partial charge in [0.25, 0.3) is 5.91 Å². The van der Waals surface area contributed by atoms with Gasteiger partial charge in [0.05, 0.1) is 6.26 Å². The van der Waals surface area contributed by atoms with Crippen LogP contribution in [-0.4, -0.2) is 17.6 Å². The molecule has 3 rings (SSSR count). The maximum atomic E-state index is 12.0. The van der Waals surface area contributed by atoms with Crippen LogP contribution in [0.2, 0.25) is 0 Å². The summed E-state index contributed by atoms with van der Waals surface area (Å²) in [5.41, 5.74) is 1.79. The number of carbonyl (C=O) groups is 1. The molecule has 1 atom stereocenters. The van der Waals surface area contributed by atoms with E-state index in [4.69, 9.17) is 4.42 Å². The maximum Gasteiger partial charge on any atom is 0.291 e. The predicted molar refractivity (Wildman–Crippen MR) is 90.8 cm³/mol. The Balaban J connectivity index is 1.57. The van der Waals surface area contributed by atoms with Gasteiger partial charge in [0.1, 0.15) is 0 Å². The molecule has 5 nitrogen and oxygen atoms in total. The maximum absolute atomic E-state index is 12.0. The highest BCUT2D eigenvalue weighted by atomic mass is 16.4. The normalized spacial score (nSPS) is 19.6. The summed E-state index contributed by atoms with van der Waals surface area (Å²) < 4.78 is 4.92. The largest absolute Gasteiger partial charge is 0.501 e. The number of hydrogen-bond donors (Lipinski definition) is 2. The molecule has 1 aromatic rings. The molecule has 0 aliphatic heterocycles. The van der Waals surface area contributed by atoms with E-state index in [1.807, 2.05) is 6.08 Å². The summed E-state index contributed by atoms with van der Waals surface area (Å²) in [4.78, 5) is 23.3. The topological polar surface area (TPSA) is 79.5 Å². The molecule has 5 heteroatoms. The van der Waals surface area contributed by atoms with Crippen molar-refractivity contribution in [3.63, 3.8) is 0 Å². The van der Waals surface area contributed by atoms with Crippen LogP contribution < -0.4 is 10.7 Å². The average molecular weight is 325 g/mol. The quantitative estimate of drug-likeness (QED) is 0.892. The molecule has 1 heterocycles. The van der Waals surface area contributed by atoms with Gasteiger partial charge < -0.3 is 14.8 Å². The van der Waals surface area contributed by atoms with Gasteiger partial charge in [-0.25, -0.2) is 0 Å². The lowest BCUT2D eigenvalue weighted by Gasteiger charge is -2.20. The second-order valence-electron chi connectivity index (χ2n) is 5.83. The summed E-state index contributed by atoms with van der Waals surface area (Å²) in [5.74, 6) is -1.22. The molecule has 0 bridgehead atoms. The zero-order valence-electron chi connectivity index (χ0n) is 13.2. The molecule has 1 unspecified atom stereocenters. The van der Waals surface area contributed by atoms with Crippen LogP contribution in [-0.2, 0) is 0 Å². The van der Waals surface area contributed by atoms with E-state index in [0.717, 1.165) is 37.2 Å². The third-order valence-corrected chi connectivity index (χ3v) is 4.21. The molecule has 0 spiro atoms. The first-order valence-electron chi connectivity index (χ1n) is 7.97. The summed E-state index contributed by atoms with van der Waals surface area (Å²) >= 11 is 0. The van der Waals surface area contributed by atoms with E-state index >= 15 is 0 Å². The molecule has 2 aliphatic rings. The van der Waals surface area contributed by atoms with Crippen molar-refractivity contribution in [3.05, 3.63) is 75.9 Å². The third-order valence-electron chi connectivity index (χ3n) is 4.21. The van der Waals surface area contributed by atoms with Crippen LogP contribution in [0.25, 0.3) is 0 Å². The van der Waals surface area contributed by atoms with Gasteiger partial charge in [0, 0.05) is 18.5 Å². The molecule has 2 N–H and O–H groups in total. The van der Waals surface area contributed by atoms with Crippen LogP contribution >= 0.6 is 0 Å². The van der Waals surface area contributed by atoms with Crippen molar-refractivity contribution in [2.75, 3.05) is 6.54 Å². The molecule has 0 aromatic carbocycles. The number of hydrogen-bond acceptors (Lipinski definition) is 4. The Morgan fingerprint density at radius 3 is 3.00 bits per heavy atom. The van der Waals surface area contributed by atoms with Crippen molar-refractivity contribution in [2.24, 2.45) is 5.92 Å². The molecule has 0 saturated heterocycles. The highest BCUT2D eigenvalue weighted by Crippen LogP contribution is 2.28. The lowest BCUT2D eigenvalue weighted by Crippen LogP contribution is -2.26. The van der Waals surface area contributed by atoms with Crippen molar-refractivity contribution in [1.29, 1.82) is 0 Å². The van der Waals surface area contributed by atoms with E-state index in [1.165, 1.54) is 5.57 Å². The fourth-order valence-electron chi connectivity index (χ4n) is 2.84. The average Bonchev–Trinajstić information content (AvgIpc) is 2.63. The van der Waals surface area contributed by atoms with Crippen LogP contribution in [0.15, 0.2) is 69.1 Å². The van der Waals surface area contributed by atoms with Gasteiger partial charge in [-0.1, -0.05) is 42.0 Å². The van der Waals surface area contributed by atoms with E-state index in [1.54, 1.807) is 0 Å².